The maximum Gasteiger partial charge on any atom is 0.0596 e. The van der Waals surface area contributed by atoms with E-state index in [-0.39, 0.29) is 0 Å². The first kappa shape index (κ1) is 14.2. The molecule has 0 aliphatic rings. The van der Waals surface area contributed by atoms with E-state index in [0.29, 0.717) is 17.9 Å². The maximum absolute atomic E-state index is 4.40. The Labute approximate surface area is 106 Å². The lowest BCUT2D eigenvalue weighted by atomic mass is 9.91. The molecule has 3 heteroatoms. The van der Waals surface area contributed by atoms with Crippen LogP contribution < -0.4 is 5.32 Å². The molecule has 0 aliphatic heterocycles. The molecular formula is C14H27N3. The van der Waals surface area contributed by atoms with E-state index in [9.17, 15) is 0 Å². The first-order chi connectivity index (χ1) is 7.90. The molecule has 1 N–H and O–H groups in total. The third kappa shape index (κ3) is 4.50. The van der Waals surface area contributed by atoms with Gasteiger partial charge in [0, 0.05) is 18.8 Å². The van der Waals surface area contributed by atoms with Crippen molar-refractivity contribution in [1.82, 2.24) is 15.1 Å². The molecule has 2 atom stereocenters. The Balaban J connectivity index is 2.48. The van der Waals surface area contributed by atoms with Crippen molar-refractivity contribution in [3.8, 4) is 0 Å². The van der Waals surface area contributed by atoms with E-state index in [2.05, 4.69) is 51.1 Å². The molecule has 98 valence electrons. The standard InChI is InChI=1S/C14H27N3/c1-10(2)15-9-12(4)11(3)7-14-8-13(5)16-17(14)6/h8,10-12,15H,7,9H2,1-6H3. The number of rotatable bonds is 6. The summed E-state index contributed by atoms with van der Waals surface area (Å²) in [4.78, 5) is 0. The van der Waals surface area contributed by atoms with Crippen LogP contribution in [0.1, 0.15) is 39.1 Å². The van der Waals surface area contributed by atoms with E-state index in [1.165, 1.54) is 5.69 Å². The van der Waals surface area contributed by atoms with Gasteiger partial charge < -0.3 is 5.32 Å². The Bertz CT molecular complexity index is 341. The van der Waals surface area contributed by atoms with Gasteiger partial charge in [-0.2, -0.15) is 5.10 Å². The van der Waals surface area contributed by atoms with Crippen molar-refractivity contribution in [3.63, 3.8) is 0 Å². The highest BCUT2D eigenvalue weighted by atomic mass is 15.3. The highest BCUT2D eigenvalue weighted by Gasteiger charge is 2.15. The molecule has 2 unspecified atom stereocenters. The summed E-state index contributed by atoms with van der Waals surface area (Å²) < 4.78 is 2.01. The summed E-state index contributed by atoms with van der Waals surface area (Å²) in [6.45, 7) is 12.2. The van der Waals surface area contributed by atoms with Crippen LogP contribution in [-0.2, 0) is 13.5 Å². The summed E-state index contributed by atoms with van der Waals surface area (Å²) in [7, 11) is 2.03. The third-order valence-electron chi connectivity index (χ3n) is 3.45. The van der Waals surface area contributed by atoms with Crippen molar-refractivity contribution < 1.29 is 0 Å². The molecule has 0 aromatic carbocycles. The van der Waals surface area contributed by atoms with E-state index in [4.69, 9.17) is 0 Å². The topological polar surface area (TPSA) is 29.9 Å². The number of hydrogen-bond donors (Lipinski definition) is 1. The Morgan fingerprint density at radius 2 is 1.88 bits per heavy atom. The highest BCUT2D eigenvalue weighted by molar-refractivity contribution is 5.09. The lowest BCUT2D eigenvalue weighted by molar-refractivity contribution is 0.349. The van der Waals surface area contributed by atoms with E-state index < -0.39 is 0 Å². The fraction of sp³-hybridized carbons (Fsp3) is 0.786. The minimum atomic E-state index is 0.573. The largest absolute Gasteiger partial charge is 0.314 e. The molecule has 1 aromatic rings. The van der Waals surface area contributed by atoms with E-state index in [1.54, 1.807) is 0 Å². The van der Waals surface area contributed by atoms with E-state index >= 15 is 0 Å². The van der Waals surface area contributed by atoms with Gasteiger partial charge in [-0.1, -0.05) is 27.7 Å². The summed E-state index contributed by atoms with van der Waals surface area (Å²) in [5, 5.41) is 7.91. The van der Waals surface area contributed by atoms with E-state index in [0.717, 1.165) is 18.7 Å². The summed E-state index contributed by atoms with van der Waals surface area (Å²) in [5.74, 6) is 1.36. The van der Waals surface area contributed by atoms with Gasteiger partial charge in [-0.3, -0.25) is 4.68 Å². The first-order valence-electron chi connectivity index (χ1n) is 6.63. The molecule has 1 aromatic heterocycles. The molecule has 3 nitrogen and oxygen atoms in total. The van der Waals surface area contributed by atoms with E-state index in [1.807, 2.05) is 11.7 Å². The molecule has 0 saturated heterocycles. The molecule has 0 fully saturated rings. The van der Waals surface area contributed by atoms with Crippen LogP contribution in [0.15, 0.2) is 6.07 Å². The quantitative estimate of drug-likeness (QED) is 0.824. The maximum atomic E-state index is 4.40. The molecule has 17 heavy (non-hydrogen) atoms. The lowest BCUT2D eigenvalue weighted by Crippen LogP contribution is -2.31. The zero-order valence-corrected chi connectivity index (χ0v) is 12.1. The average Bonchev–Trinajstić information content (AvgIpc) is 2.53. The van der Waals surface area contributed by atoms with Gasteiger partial charge in [0.25, 0.3) is 0 Å². The van der Waals surface area contributed by atoms with Crippen molar-refractivity contribution in [2.24, 2.45) is 18.9 Å². The van der Waals surface area contributed by atoms with Gasteiger partial charge in [-0.05, 0) is 37.8 Å². The van der Waals surface area contributed by atoms with Crippen LogP contribution in [0, 0.1) is 18.8 Å². The first-order valence-corrected chi connectivity index (χ1v) is 6.63. The van der Waals surface area contributed by atoms with Gasteiger partial charge in [-0.15, -0.1) is 0 Å². The predicted octanol–water partition coefficient (Wildman–Crippen LogP) is 2.54. The summed E-state index contributed by atoms with van der Waals surface area (Å²) in [5.41, 5.74) is 2.45. The number of nitrogens with zero attached hydrogens (tertiary/aromatic N) is 2. The molecule has 0 spiro atoms. The lowest BCUT2D eigenvalue weighted by Gasteiger charge is -2.21. The zero-order chi connectivity index (χ0) is 13.0. The van der Waals surface area contributed by atoms with Gasteiger partial charge >= 0.3 is 0 Å². The minimum absolute atomic E-state index is 0.573. The van der Waals surface area contributed by atoms with Crippen LogP contribution in [-0.4, -0.2) is 22.4 Å². The average molecular weight is 237 g/mol. The van der Waals surface area contributed by atoms with Crippen LogP contribution in [0.3, 0.4) is 0 Å². The second-order valence-electron chi connectivity index (χ2n) is 5.62. The molecule has 0 bridgehead atoms. The fourth-order valence-corrected chi connectivity index (χ4v) is 2.01. The Morgan fingerprint density at radius 1 is 1.24 bits per heavy atom. The van der Waals surface area contributed by atoms with Crippen LogP contribution >= 0.6 is 0 Å². The van der Waals surface area contributed by atoms with Gasteiger partial charge in [0.05, 0.1) is 5.69 Å². The number of aryl methyl sites for hydroxylation is 2. The molecule has 0 radical (unpaired) electrons. The Morgan fingerprint density at radius 3 is 2.35 bits per heavy atom. The zero-order valence-electron chi connectivity index (χ0n) is 12.1. The monoisotopic (exact) mass is 237 g/mol. The van der Waals surface area contributed by atoms with Crippen molar-refractivity contribution in [2.75, 3.05) is 6.54 Å². The Kier molecular flexibility index (Phi) is 5.19. The number of hydrogen-bond acceptors (Lipinski definition) is 2. The van der Waals surface area contributed by atoms with Crippen LogP contribution in [0.4, 0.5) is 0 Å². The van der Waals surface area contributed by atoms with Crippen molar-refractivity contribution in [2.45, 2.75) is 47.1 Å². The van der Waals surface area contributed by atoms with Crippen LogP contribution in [0.25, 0.3) is 0 Å². The van der Waals surface area contributed by atoms with Gasteiger partial charge in [0.2, 0.25) is 0 Å². The Hall–Kier alpha value is -0.830. The third-order valence-corrected chi connectivity index (χ3v) is 3.45. The number of aromatic nitrogens is 2. The van der Waals surface area contributed by atoms with Crippen LogP contribution in [0.2, 0.25) is 0 Å². The van der Waals surface area contributed by atoms with Crippen molar-refractivity contribution in [1.29, 1.82) is 0 Å². The highest BCUT2D eigenvalue weighted by Crippen LogP contribution is 2.17. The molecule has 0 amide bonds. The fourth-order valence-electron chi connectivity index (χ4n) is 2.01. The molecule has 1 rings (SSSR count). The smallest absolute Gasteiger partial charge is 0.0596 e. The summed E-state index contributed by atoms with van der Waals surface area (Å²) in [6, 6.07) is 2.77. The van der Waals surface area contributed by atoms with Crippen molar-refractivity contribution >= 4 is 0 Å². The minimum Gasteiger partial charge on any atom is -0.314 e. The van der Waals surface area contributed by atoms with Gasteiger partial charge in [0.1, 0.15) is 0 Å². The molecule has 0 saturated carbocycles. The van der Waals surface area contributed by atoms with Crippen molar-refractivity contribution in [3.05, 3.63) is 17.5 Å². The van der Waals surface area contributed by atoms with Gasteiger partial charge in [-0.25, -0.2) is 0 Å². The molecular weight excluding hydrogens is 210 g/mol. The summed E-state index contributed by atoms with van der Waals surface area (Å²) in [6.07, 6.45) is 1.11. The van der Waals surface area contributed by atoms with Crippen LogP contribution in [0.5, 0.6) is 0 Å². The SMILES string of the molecule is Cc1cc(CC(C)C(C)CNC(C)C)n(C)n1. The second kappa shape index (κ2) is 6.20. The predicted molar refractivity (Wildman–Crippen MR) is 73.1 cm³/mol. The molecule has 1 heterocycles. The second-order valence-corrected chi connectivity index (χ2v) is 5.62. The molecule has 0 aliphatic carbocycles. The van der Waals surface area contributed by atoms with Gasteiger partial charge in [0.15, 0.2) is 0 Å². The normalized spacial score (nSPS) is 15.2. The number of nitrogens with one attached hydrogen (secondary N) is 1. The summed E-state index contributed by atoms with van der Waals surface area (Å²) >= 11 is 0.